The molecular weight excluding hydrogens is 517 g/mol. The number of hydrogen-bond donors (Lipinski definition) is 3. The van der Waals surface area contributed by atoms with Gasteiger partial charge in [0.2, 0.25) is 0 Å². The van der Waals surface area contributed by atoms with Gasteiger partial charge in [0.25, 0.3) is 0 Å². The van der Waals surface area contributed by atoms with Crippen molar-refractivity contribution in [2.75, 3.05) is 56.2 Å². The molecule has 0 aliphatic carbocycles. The number of aliphatic carboxylic acids is 1. The number of aliphatic imine (C=N–C) groups is 1. The van der Waals surface area contributed by atoms with Crippen molar-refractivity contribution >= 4 is 29.3 Å². The average Bonchev–Trinajstić information content (AvgIpc) is 2.89. The highest BCUT2D eigenvalue weighted by molar-refractivity contribution is 5.95. The van der Waals surface area contributed by atoms with Crippen LogP contribution in [-0.4, -0.2) is 85.1 Å². The fourth-order valence-corrected chi connectivity index (χ4v) is 3.76. The summed E-state index contributed by atoms with van der Waals surface area (Å²) in [7, 11) is 0. The van der Waals surface area contributed by atoms with E-state index in [4.69, 9.17) is 24.7 Å². The number of nitrogens with zero attached hydrogens (tertiary/aromatic N) is 3. The van der Waals surface area contributed by atoms with Gasteiger partial charge in [-0.15, -0.1) is 0 Å². The van der Waals surface area contributed by atoms with Crippen molar-refractivity contribution in [3.8, 4) is 0 Å². The second-order valence-corrected chi connectivity index (χ2v) is 8.83. The maximum atomic E-state index is 11.1. The standard InChI is InChI=1S/C25H34N4O3.C2HF3O2/c1-4-32-17-5-12-26-25(27-22-10-8-21(9-11-22)24(30)31)29-15-13-28(14-16-29)23-18-19(2)6-7-20(23)3;3-2(4,5)1(6)7/h6-11,18H,4-5,12-17H2,1-3H3,(H,26,27)(H,30,31);(H,6,7). The molecule has 1 aliphatic heterocycles. The van der Waals surface area contributed by atoms with Gasteiger partial charge in [-0.05, 0) is 68.7 Å². The van der Waals surface area contributed by atoms with Gasteiger partial charge < -0.3 is 30.1 Å². The highest BCUT2D eigenvalue weighted by Gasteiger charge is 2.38. The number of ether oxygens (including phenoxy) is 1. The molecule has 0 saturated carbocycles. The third-order valence-corrected chi connectivity index (χ3v) is 5.83. The van der Waals surface area contributed by atoms with Crippen molar-refractivity contribution in [2.24, 2.45) is 4.99 Å². The van der Waals surface area contributed by atoms with Crippen molar-refractivity contribution in [2.45, 2.75) is 33.4 Å². The Morgan fingerprint density at radius 3 is 2.18 bits per heavy atom. The summed E-state index contributed by atoms with van der Waals surface area (Å²) in [6, 6.07) is 13.4. The Balaban J connectivity index is 0.000000673. The Hall–Kier alpha value is -3.80. The van der Waals surface area contributed by atoms with Gasteiger partial charge in [-0.3, -0.25) is 4.99 Å². The van der Waals surface area contributed by atoms with Crippen LogP contribution in [0.3, 0.4) is 0 Å². The van der Waals surface area contributed by atoms with Crippen molar-refractivity contribution in [3.05, 3.63) is 59.2 Å². The van der Waals surface area contributed by atoms with Crippen LogP contribution in [0.15, 0.2) is 47.5 Å². The Morgan fingerprint density at radius 2 is 1.64 bits per heavy atom. The van der Waals surface area contributed by atoms with E-state index in [1.54, 1.807) is 24.3 Å². The molecule has 0 unspecified atom stereocenters. The molecule has 0 atom stereocenters. The van der Waals surface area contributed by atoms with Gasteiger partial charge >= 0.3 is 18.1 Å². The lowest BCUT2D eigenvalue weighted by Gasteiger charge is -2.38. The molecule has 39 heavy (non-hydrogen) atoms. The van der Waals surface area contributed by atoms with Crippen LogP contribution in [0.5, 0.6) is 0 Å². The van der Waals surface area contributed by atoms with Crippen LogP contribution in [0, 0.1) is 13.8 Å². The van der Waals surface area contributed by atoms with Crippen molar-refractivity contribution in [1.29, 1.82) is 0 Å². The molecule has 1 fully saturated rings. The lowest BCUT2D eigenvalue weighted by Crippen LogP contribution is -2.51. The average molecular weight is 553 g/mol. The highest BCUT2D eigenvalue weighted by atomic mass is 19.4. The molecule has 0 aromatic heterocycles. The first kappa shape index (κ1) is 31.4. The number of halogens is 3. The van der Waals surface area contributed by atoms with Gasteiger partial charge in [0, 0.05) is 57.3 Å². The number of guanidine groups is 1. The van der Waals surface area contributed by atoms with E-state index in [2.05, 4.69) is 47.2 Å². The quantitative estimate of drug-likeness (QED) is 0.246. The number of aromatic carboxylic acids is 1. The molecular formula is C27H35F3N4O5. The maximum absolute atomic E-state index is 11.1. The van der Waals surface area contributed by atoms with Gasteiger partial charge in [0.05, 0.1) is 5.56 Å². The smallest absolute Gasteiger partial charge is 0.478 e. The minimum atomic E-state index is -5.08. The number of benzene rings is 2. The predicted octanol–water partition coefficient (Wildman–Crippen LogP) is 4.65. The molecule has 1 saturated heterocycles. The Morgan fingerprint density at radius 1 is 1.03 bits per heavy atom. The highest BCUT2D eigenvalue weighted by Crippen LogP contribution is 2.23. The summed E-state index contributed by atoms with van der Waals surface area (Å²) in [6.45, 7) is 11.9. The number of alkyl halides is 3. The molecule has 1 aliphatic rings. The number of anilines is 2. The van der Waals surface area contributed by atoms with Crippen molar-refractivity contribution in [3.63, 3.8) is 0 Å². The van der Waals surface area contributed by atoms with E-state index in [1.807, 2.05) is 6.92 Å². The molecule has 0 spiro atoms. The van der Waals surface area contributed by atoms with Gasteiger partial charge in [-0.1, -0.05) is 12.1 Å². The van der Waals surface area contributed by atoms with Crippen LogP contribution in [0.1, 0.15) is 34.8 Å². The zero-order valence-electron chi connectivity index (χ0n) is 22.3. The third kappa shape index (κ3) is 10.5. The lowest BCUT2D eigenvalue weighted by molar-refractivity contribution is -0.192. The van der Waals surface area contributed by atoms with E-state index in [-0.39, 0.29) is 5.56 Å². The van der Waals surface area contributed by atoms with Crippen LogP contribution in [0.4, 0.5) is 24.5 Å². The predicted molar refractivity (Wildman–Crippen MR) is 144 cm³/mol. The maximum Gasteiger partial charge on any atom is 0.490 e. The molecule has 9 nitrogen and oxygen atoms in total. The van der Waals surface area contributed by atoms with Crippen LogP contribution < -0.4 is 10.2 Å². The van der Waals surface area contributed by atoms with Crippen molar-refractivity contribution < 1.29 is 37.7 Å². The SMILES string of the molecule is CCOCCCN=C(Nc1ccc(C(=O)O)cc1)N1CCN(c2cc(C)ccc2C)CC1.O=C(O)C(F)(F)F. The van der Waals surface area contributed by atoms with E-state index in [1.165, 1.54) is 16.8 Å². The number of nitrogens with one attached hydrogen (secondary N) is 1. The molecule has 214 valence electrons. The number of carboxylic acids is 2. The minimum absolute atomic E-state index is 0.271. The molecule has 3 N–H and O–H groups in total. The lowest BCUT2D eigenvalue weighted by atomic mass is 10.1. The van der Waals surface area contributed by atoms with Crippen molar-refractivity contribution in [1.82, 2.24) is 4.90 Å². The largest absolute Gasteiger partial charge is 0.490 e. The molecule has 12 heteroatoms. The molecule has 0 bridgehead atoms. The molecule has 1 heterocycles. The summed E-state index contributed by atoms with van der Waals surface area (Å²) in [5.74, 6) is -2.86. The summed E-state index contributed by atoms with van der Waals surface area (Å²) >= 11 is 0. The summed E-state index contributed by atoms with van der Waals surface area (Å²) in [6.07, 6.45) is -4.22. The summed E-state index contributed by atoms with van der Waals surface area (Å²) < 4.78 is 37.2. The van der Waals surface area contributed by atoms with Crippen LogP contribution in [-0.2, 0) is 9.53 Å². The zero-order valence-corrected chi connectivity index (χ0v) is 22.3. The topological polar surface area (TPSA) is 115 Å². The van der Waals surface area contributed by atoms with Crippen LogP contribution in [0.2, 0.25) is 0 Å². The third-order valence-electron chi connectivity index (χ3n) is 5.83. The monoisotopic (exact) mass is 552 g/mol. The number of carbonyl (C=O) groups is 2. The van der Waals surface area contributed by atoms with Gasteiger partial charge in [0.15, 0.2) is 5.96 Å². The normalized spacial score (nSPS) is 13.9. The molecule has 2 aromatic rings. The second kappa shape index (κ2) is 15.0. The Bertz CT molecular complexity index is 1120. The Kier molecular flexibility index (Phi) is 12.1. The molecule has 2 aromatic carbocycles. The van der Waals surface area contributed by atoms with Crippen LogP contribution in [0.25, 0.3) is 0 Å². The van der Waals surface area contributed by atoms with Gasteiger partial charge in [0.1, 0.15) is 0 Å². The van der Waals surface area contributed by atoms with Crippen LogP contribution >= 0.6 is 0 Å². The summed E-state index contributed by atoms with van der Waals surface area (Å²) in [5, 5.41) is 19.7. The number of rotatable bonds is 8. The Labute approximate surface area is 225 Å². The first-order valence-corrected chi connectivity index (χ1v) is 12.5. The summed E-state index contributed by atoms with van der Waals surface area (Å²) in [5.41, 5.74) is 4.97. The molecule has 0 amide bonds. The first-order valence-electron chi connectivity index (χ1n) is 12.5. The number of piperazine rings is 1. The van der Waals surface area contributed by atoms with E-state index in [0.717, 1.165) is 44.2 Å². The second-order valence-electron chi connectivity index (χ2n) is 8.83. The molecule has 0 radical (unpaired) electrons. The minimum Gasteiger partial charge on any atom is -0.478 e. The number of hydrogen-bond acceptors (Lipinski definition) is 5. The molecule has 3 rings (SSSR count). The fraction of sp³-hybridized carbons (Fsp3) is 0.444. The van der Waals surface area contributed by atoms with Gasteiger partial charge in [-0.2, -0.15) is 13.2 Å². The van der Waals surface area contributed by atoms with E-state index < -0.39 is 18.1 Å². The zero-order chi connectivity index (χ0) is 29.0. The summed E-state index contributed by atoms with van der Waals surface area (Å²) in [4.78, 5) is 29.6. The first-order chi connectivity index (χ1) is 18.4. The number of carboxylic acid groups (broad SMARTS) is 2. The van der Waals surface area contributed by atoms with E-state index in [0.29, 0.717) is 19.8 Å². The fourth-order valence-electron chi connectivity index (χ4n) is 3.76. The van der Waals surface area contributed by atoms with E-state index >= 15 is 0 Å². The van der Waals surface area contributed by atoms with E-state index in [9.17, 15) is 18.0 Å². The number of aryl methyl sites for hydroxylation is 2. The van der Waals surface area contributed by atoms with Gasteiger partial charge in [-0.25, -0.2) is 9.59 Å².